The smallest absolute Gasteiger partial charge is 0.261 e. The largest absolute Gasteiger partial charge is 0.397 e. The van der Waals surface area contributed by atoms with Crippen molar-refractivity contribution in [3.05, 3.63) is 59.7 Å². The van der Waals surface area contributed by atoms with Gasteiger partial charge in [0.15, 0.2) is 11.6 Å². The molecular weight excluding hydrogens is 250 g/mol. The highest BCUT2D eigenvalue weighted by Gasteiger charge is 2.20. The van der Waals surface area contributed by atoms with E-state index in [2.05, 4.69) is 0 Å². The first-order valence-corrected chi connectivity index (χ1v) is 5.59. The number of anilines is 2. The van der Waals surface area contributed by atoms with E-state index in [1.807, 2.05) is 0 Å². The summed E-state index contributed by atoms with van der Waals surface area (Å²) in [5, 5.41) is 0. The first-order valence-electron chi connectivity index (χ1n) is 5.59. The minimum absolute atomic E-state index is 0.328. The first kappa shape index (κ1) is 13.0. The minimum atomic E-state index is -1.16. The quantitative estimate of drug-likeness (QED) is 0.846. The fraction of sp³-hybridized carbons (Fsp3) is 0.0714. The molecule has 2 N–H and O–H groups in total. The van der Waals surface area contributed by atoms with E-state index in [1.165, 1.54) is 24.1 Å². The lowest BCUT2D eigenvalue weighted by atomic mass is 10.1. The van der Waals surface area contributed by atoms with Gasteiger partial charge in [-0.1, -0.05) is 18.2 Å². The highest BCUT2D eigenvalue weighted by molar-refractivity contribution is 6.07. The lowest BCUT2D eigenvalue weighted by molar-refractivity contribution is 0.0988. The number of benzene rings is 2. The molecule has 3 nitrogen and oxygen atoms in total. The van der Waals surface area contributed by atoms with Crippen molar-refractivity contribution < 1.29 is 13.6 Å². The van der Waals surface area contributed by atoms with E-state index in [4.69, 9.17) is 5.73 Å². The van der Waals surface area contributed by atoms with Crippen LogP contribution in [-0.2, 0) is 0 Å². The number of carbonyl (C=O) groups is 1. The summed E-state index contributed by atoms with van der Waals surface area (Å²) in [4.78, 5) is 13.3. The number of hydrogen-bond donors (Lipinski definition) is 1. The summed E-state index contributed by atoms with van der Waals surface area (Å²) >= 11 is 0. The van der Waals surface area contributed by atoms with Crippen LogP contribution in [-0.4, -0.2) is 13.0 Å². The number of hydrogen-bond acceptors (Lipinski definition) is 2. The van der Waals surface area contributed by atoms with Gasteiger partial charge in [-0.05, 0) is 24.3 Å². The van der Waals surface area contributed by atoms with Crippen LogP contribution in [0.4, 0.5) is 20.2 Å². The van der Waals surface area contributed by atoms with E-state index in [9.17, 15) is 13.6 Å². The Morgan fingerprint density at radius 3 is 2.47 bits per heavy atom. The zero-order valence-corrected chi connectivity index (χ0v) is 10.2. The average Bonchev–Trinajstić information content (AvgIpc) is 2.41. The summed E-state index contributed by atoms with van der Waals surface area (Å²) in [5.41, 5.74) is 6.24. The maximum atomic E-state index is 13.6. The highest BCUT2D eigenvalue weighted by Crippen LogP contribution is 2.23. The monoisotopic (exact) mass is 262 g/mol. The van der Waals surface area contributed by atoms with Crippen molar-refractivity contribution in [2.45, 2.75) is 0 Å². The van der Waals surface area contributed by atoms with Crippen LogP contribution in [0.1, 0.15) is 10.4 Å². The molecule has 1 amide bonds. The lowest BCUT2D eigenvalue weighted by Gasteiger charge is -2.19. The Morgan fingerprint density at radius 2 is 1.79 bits per heavy atom. The third-order valence-corrected chi connectivity index (χ3v) is 2.78. The number of rotatable bonds is 2. The van der Waals surface area contributed by atoms with Crippen LogP contribution in [0, 0.1) is 11.6 Å². The third kappa shape index (κ3) is 2.40. The van der Waals surface area contributed by atoms with E-state index >= 15 is 0 Å². The predicted octanol–water partition coefficient (Wildman–Crippen LogP) is 2.82. The van der Waals surface area contributed by atoms with Crippen LogP contribution in [0.3, 0.4) is 0 Å². The molecule has 0 aliphatic carbocycles. The van der Waals surface area contributed by atoms with Gasteiger partial charge in [0.1, 0.15) is 0 Å². The maximum Gasteiger partial charge on any atom is 0.261 e. The molecule has 0 atom stereocenters. The second kappa shape index (κ2) is 5.06. The molecule has 0 heterocycles. The molecule has 2 aromatic carbocycles. The molecule has 0 saturated heterocycles. The van der Waals surface area contributed by atoms with Crippen LogP contribution in [0.2, 0.25) is 0 Å². The molecule has 0 unspecified atom stereocenters. The van der Waals surface area contributed by atoms with Gasteiger partial charge in [-0.2, -0.15) is 0 Å². The van der Waals surface area contributed by atoms with Crippen molar-refractivity contribution in [3.8, 4) is 0 Å². The van der Waals surface area contributed by atoms with Crippen LogP contribution in [0.5, 0.6) is 0 Å². The zero-order valence-electron chi connectivity index (χ0n) is 10.2. The fourth-order valence-electron chi connectivity index (χ4n) is 1.75. The van der Waals surface area contributed by atoms with Gasteiger partial charge in [-0.25, -0.2) is 8.78 Å². The number of nitrogens with two attached hydrogens (primary N) is 1. The van der Waals surface area contributed by atoms with Gasteiger partial charge in [-0.15, -0.1) is 0 Å². The minimum Gasteiger partial charge on any atom is -0.397 e. The Labute approximate surface area is 109 Å². The van der Waals surface area contributed by atoms with Crippen LogP contribution in [0.15, 0.2) is 42.5 Å². The molecule has 0 aliphatic rings. The van der Waals surface area contributed by atoms with Crippen LogP contribution >= 0.6 is 0 Å². The molecule has 0 aliphatic heterocycles. The number of amides is 1. The average molecular weight is 262 g/mol. The van der Waals surface area contributed by atoms with Crippen LogP contribution < -0.4 is 10.6 Å². The Bertz CT molecular complexity index is 629. The Morgan fingerprint density at radius 1 is 1.11 bits per heavy atom. The molecule has 2 rings (SSSR count). The Kier molecular flexibility index (Phi) is 3.46. The molecule has 0 saturated carbocycles. The highest BCUT2D eigenvalue weighted by atomic mass is 19.2. The van der Waals surface area contributed by atoms with Gasteiger partial charge in [0.2, 0.25) is 0 Å². The molecule has 2 aromatic rings. The summed E-state index contributed by atoms with van der Waals surface area (Å²) in [6.07, 6.45) is 0. The molecule has 0 bridgehead atoms. The van der Waals surface area contributed by atoms with Gasteiger partial charge in [0.05, 0.1) is 16.9 Å². The van der Waals surface area contributed by atoms with E-state index < -0.39 is 17.5 Å². The summed E-state index contributed by atoms with van der Waals surface area (Å²) in [6, 6.07) is 10.2. The Hall–Kier alpha value is -2.43. The summed E-state index contributed by atoms with van der Waals surface area (Å²) < 4.78 is 26.7. The Balaban J connectivity index is 2.40. The molecule has 0 fully saturated rings. The van der Waals surface area contributed by atoms with E-state index in [0.29, 0.717) is 11.4 Å². The molecule has 0 aromatic heterocycles. The van der Waals surface area contributed by atoms with Crippen molar-refractivity contribution in [2.24, 2.45) is 0 Å². The molecule has 98 valence electrons. The number of nitrogen functional groups attached to an aromatic ring is 1. The zero-order chi connectivity index (χ0) is 14.0. The SMILES string of the molecule is CN(C(=O)c1cccc(F)c1F)c1ccccc1N. The van der Waals surface area contributed by atoms with Gasteiger partial charge in [-0.3, -0.25) is 4.79 Å². The van der Waals surface area contributed by atoms with Crippen molar-refractivity contribution in [2.75, 3.05) is 17.7 Å². The van der Waals surface area contributed by atoms with Gasteiger partial charge in [0, 0.05) is 7.05 Å². The van der Waals surface area contributed by atoms with Crippen molar-refractivity contribution >= 4 is 17.3 Å². The number of nitrogens with zero attached hydrogens (tertiary/aromatic N) is 1. The maximum absolute atomic E-state index is 13.6. The molecular formula is C14H12F2N2O. The summed E-state index contributed by atoms with van der Waals surface area (Å²) in [7, 11) is 1.46. The van der Waals surface area contributed by atoms with E-state index in [1.54, 1.807) is 24.3 Å². The second-order valence-electron chi connectivity index (χ2n) is 4.02. The third-order valence-electron chi connectivity index (χ3n) is 2.78. The lowest BCUT2D eigenvalue weighted by Crippen LogP contribution is -2.28. The van der Waals surface area contributed by atoms with Gasteiger partial charge >= 0.3 is 0 Å². The molecule has 5 heteroatoms. The normalized spacial score (nSPS) is 10.3. The standard InChI is InChI=1S/C14H12F2N2O/c1-18(12-8-3-2-7-11(12)17)14(19)9-5-4-6-10(15)13(9)16/h2-8H,17H2,1H3. The first-order chi connectivity index (χ1) is 9.02. The summed E-state index contributed by atoms with van der Waals surface area (Å²) in [5.74, 6) is -2.87. The molecule has 0 radical (unpaired) electrons. The van der Waals surface area contributed by atoms with Crippen molar-refractivity contribution in [1.82, 2.24) is 0 Å². The second-order valence-corrected chi connectivity index (χ2v) is 4.02. The van der Waals surface area contributed by atoms with E-state index in [-0.39, 0.29) is 5.56 Å². The van der Waals surface area contributed by atoms with E-state index in [0.717, 1.165) is 6.07 Å². The van der Waals surface area contributed by atoms with Crippen molar-refractivity contribution in [3.63, 3.8) is 0 Å². The topological polar surface area (TPSA) is 46.3 Å². The number of halogens is 2. The fourth-order valence-corrected chi connectivity index (χ4v) is 1.75. The molecule has 0 spiro atoms. The van der Waals surface area contributed by atoms with Gasteiger partial charge < -0.3 is 10.6 Å². The number of para-hydroxylation sites is 2. The summed E-state index contributed by atoms with van der Waals surface area (Å²) in [6.45, 7) is 0. The van der Waals surface area contributed by atoms with Crippen molar-refractivity contribution in [1.29, 1.82) is 0 Å². The number of carbonyl (C=O) groups excluding carboxylic acids is 1. The predicted molar refractivity (Wildman–Crippen MR) is 69.9 cm³/mol. The molecule has 19 heavy (non-hydrogen) atoms. The van der Waals surface area contributed by atoms with Crippen LogP contribution in [0.25, 0.3) is 0 Å². The van der Waals surface area contributed by atoms with Gasteiger partial charge in [0.25, 0.3) is 5.91 Å².